The summed E-state index contributed by atoms with van der Waals surface area (Å²) in [4.78, 5) is 12.3. The van der Waals surface area contributed by atoms with Crippen molar-refractivity contribution in [3.63, 3.8) is 0 Å². The highest BCUT2D eigenvalue weighted by molar-refractivity contribution is 6.31. The van der Waals surface area contributed by atoms with Crippen molar-refractivity contribution in [3.05, 3.63) is 94.8 Å². The zero-order chi connectivity index (χ0) is 17.6. The van der Waals surface area contributed by atoms with Crippen molar-refractivity contribution in [2.24, 2.45) is 0 Å². The molecule has 0 radical (unpaired) electrons. The number of benzene rings is 3. The fourth-order valence-electron chi connectivity index (χ4n) is 2.26. The van der Waals surface area contributed by atoms with Crippen molar-refractivity contribution in [3.8, 4) is 5.75 Å². The van der Waals surface area contributed by atoms with Crippen LogP contribution in [0.5, 0.6) is 5.75 Å². The van der Waals surface area contributed by atoms with E-state index in [1.54, 1.807) is 18.2 Å². The Balaban J connectivity index is 1.76. The van der Waals surface area contributed by atoms with Crippen LogP contribution in [-0.2, 0) is 6.61 Å². The Morgan fingerprint density at radius 2 is 1.72 bits per heavy atom. The monoisotopic (exact) mass is 355 g/mol. The van der Waals surface area contributed by atoms with Crippen LogP contribution in [0.15, 0.2) is 72.8 Å². The lowest BCUT2D eigenvalue weighted by atomic mass is 10.2. The molecule has 0 heterocycles. The second kappa shape index (κ2) is 7.81. The van der Waals surface area contributed by atoms with Gasteiger partial charge >= 0.3 is 0 Å². The van der Waals surface area contributed by atoms with E-state index < -0.39 is 5.82 Å². The Bertz CT molecular complexity index is 867. The van der Waals surface area contributed by atoms with E-state index in [9.17, 15) is 9.18 Å². The first-order chi connectivity index (χ1) is 12.1. The number of amides is 1. The summed E-state index contributed by atoms with van der Waals surface area (Å²) in [5, 5.41) is 3.23. The minimum Gasteiger partial charge on any atom is -0.487 e. The first-order valence-corrected chi connectivity index (χ1v) is 8.03. The van der Waals surface area contributed by atoms with Gasteiger partial charge in [0.15, 0.2) is 0 Å². The molecule has 3 rings (SSSR count). The largest absolute Gasteiger partial charge is 0.487 e. The van der Waals surface area contributed by atoms with Gasteiger partial charge in [-0.2, -0.15) is 0 Å². The average molecular weight is 356 g/mol. The zero-order valence-electron chi connectivity index (χ0n) is 13.2. The SMILES string of the molecule is O=C(Nc1cc(Cl)ccc1OCc1ccccc1)c1ccc(F)cc1. The lowest BCUT2D eigenvalue weighted by molar-refractivity contribution is 0.102. The van der Waals surface area contributed by atoms with E-state index in [-0.39, 0.29) is 5.91 Å². The smallest absolute Gasteiger partial charge is 0.255 e. The summed E-state index contributed by atoms with van der Waals surface area (Å²) >= 11 is 6.03. The van der Waals surface area contributed by atoms with E-state index in [1.807, 2.05) is 30.3 Å². The lowest BCUT2D eigenvalue weighted by Gasteiger charge is -2.13. The average Bonchev–Trinajstić information content (AvgIpc) is 2.62. The molecule has 0 unspecified atom stereocenters. The Hall–Kier alpha value is -2.85. The molecule has 0 atom stereocenters. The van der Waals surface area contributed by atoms with Crippen LogP contribution in [0.3, 0.4) is 0 Å². The molecule has 0 fully saturated rings. The van der Waals surface area contributed by atoms with Crippen molar-refractivity contribution >= 4 is 23.2 Å². The summed E-state index contributed by atoms with van der Waals surface area (Å²) < 4.78 is 18.8. The van der Waals surface area contributed by atoms with Gasteiger partial charge in [0.05, 0.1) is 5.69 Å². The second-order valence-corrected chi connectivity index (χ2v) is 5.81. The van der Waals surface area contributed by atoms with Crippen molar-refractivity contribution in [1.29, 1.82) is 0 Å². The quantitative estimate of drug-likeness (QED) is 0.673. The summed E-state index contributed by atoms with van der Waals surface area (Å²) in [5.41, 5.74) is 1.81. The molecule has 0 aliphatic rings. The van der Waals surface area contributed by atoms with Gasteiger partial charge in [0.2, 0.25) is 0 Å². The van der Waals surface area contributed by atoms with Crippen LogP contribution in [0, 0.1) is 5.82 Å². The van der Waals surface area contributed by atoms with Crippen molar-refractivity contribution in [1.82, 2.24) is 0 Å². The molecule has 3 aromatic rings. The number of halogens is 2. The van der Waals surface area contributed by atoms with Gasteiger partial charge < -0.3 is 10.1 Å². The molecule has 1 amide bonds. The van der Waals surface area contributed by atoms with Gasteiger partial charge in [-0.3, -0.25) is 4.79 Å². The maximum absolute atomic E-state index is 13.0. The van der Waals surface area contributed by atoms with E-state index >= 15 is 0 Å². The topological polar surface area (TPSA) is 38.3 Å². The maximum Gasteiger partial charge on any atom is 0.255 e. The maximum atomic E-state index is 13.0. The van der Waals surface area contributed by atoms with Crippen LogP contribution in [0.2, 0.25) is 5.02 Å². The van der Waals surface area contributed by atoms with Crippen molar-refractivity contribution in [2.45, 2.75) is 6.61 Å². The number of anilines is 1. The van der Waals surface area contributed by atoms with Crippen LogP contribution >= 0.6 is 11.6 Å². The van der Waals surface area contributed by atoms with Crippen LogP contribution in [0.4, 0.5) is 10.1 Å². The summed E-state index contributed by atoms with van der Waals surface area (Å²) in [6, 6.07) is 20.0. The third-order valence-corrected chi connectivity index (χ3v) is 3.77. The summed E-state index contributed by atoms with van der Waals surface area (Å²) in [7, 11) is 0. The molecule has 0 aliphatic heterocycles. The Morgan fingerprint density at radius 3 is 2.44 bits per heavy atom. The molecule has 1 N–H and O–H groups in total. The molecule has 3 nitrogen and oxygen atoms in total. The standard InChI is InChI=1S/C20H15ClFNO2/c21-16-8-11-19(25-13-14-4-2-1-3-5-14)18(12-16)23-20(24)15-6-9-17(22)10-7-15/h1-12H,13H2,(H,23,24). The third-order valence-electron chi connectivity index (χ3n) is 3.53. The van der Waals surface area contributed by atoms with E-state index in [0.29, 0.717) is 28.6 Å². The highest BCUT2D eigenvalue weighted by Gasteiger charge is 2.11. The van der Waals surface area contributed by atoms with Crippen LogP contribution in [0.1, 0.15) is 15.9 Å². The van der Waals surface area contributed by atoms with Crippen LogP contribution in [0.25, 0.3) is 0 Å². The molecular weight excluding hydrogens is 341 g/mol. The third kappa shape index (κ3) is 4.58. The molecule has 0 aromatic heterocycles. The van der Waals surface area contributed by atoms with Crippen LogP contribution < -0.4 is 10.1 Å². The van der Waals surface area contributed by atoms with Gasteiger partial charge in [-0.25, -0.2) is 4.39 Å². The lowest BCUT2D eigenvalue weighted by Crippen LogP contribution is -2.13. The summed E-state index contributed by atoms with van der Waals surface area (Å²) in [6.07, 6.45) is 0. The van der Waals surface area contributed by atoms with Gasteiger partial charge in [-0.1, -0.05) is 41.9 Å². The van der Waals surface area contributed by atoms with E-state index in [0.717, 1.165) is 5.56 Å². The molecule has 5 heteroatoms. The zero-order valence-corrected chi connectivity index (χ0v) is 14.0. The molecule has 0 saturated carbocycles. The normalized spacial score (nSPS) is 10.3. The van der Waals surface area contributed by atoms with Crippen molar-refractivity contribution in [2.75, 3.05) is 5.32 Å². The Morgan fingerprint density at radius 1 is 1.00 bits per heavy atom. The first kappa shape index (κ1) is 17.0. The number of hydrogen-bond acceptors (Lipinski definition) is 2. The Labute approximate surface area is 150 Å². The number of rotatable bonds is 5. The van der Waals surface area contributed by atoms with Crippen molar-refractivity contribution < 1.29 is 13.9 Å². The van der Waals surface area contributed by atoms with Gasteiger partial charge in [-0.15, -0.1) is 0 Å². The van der Waals surface area contributed by atoms with Gasteiger partial charge in [-0.05, 0) is 48.0 Å². The predicted octanol–water partition coefficient (Wildman–Crippen LogP) is 5.31. The Kier molecular flexibility index (Phi) is 5.31. The highest BCUT2D eigenvalue weighted by atomic mass is 35.5. The number of carbonyl (C=O) groups is 1. The fraction of sp³-hybridized carbons (Fsp3) is 0.0500. The van der Waals surface area contributed by atoms with E-state index in [4.69, 9.17) is 16.3 Å². The van der Waals surface area contributed by atoms with E-state index in [1.165, 1.54) is 24.3 Å². The number of nitrogens with one attached hydrogen (secondary N) is 1. The second-order valence-electron chi connectivity index (χ2n) is 5.38. The van der Waals surface area contributed by atoms with Gasteiger partial charge in [0, 0.05) is 10.6 Å². The molecule has 0 bridgehead atoms. The predicted molar refractivity (Wildman–Crippen MR) is 96.6 cm³/mol. The minimum absolute atomic E-state index is 0.343. The van der Waals surface area contributed by atoms with Crippen LogP contribution in [-0.4, -0.2) is 5.91 Å². The minimum atomic E-state index is -0.397. The molecular formula is C20H15ClFNO2. The molecule has 25 heavy (non-hydrogen) atoms. The summed E-state index contributed by atoms with van der Waals surface area (Å²) in [5.74, 6) is -0.262. The molecule has 0 spiro atoms. The van der Waals surface area contributed by atoms with Gasteiger partial charge in [0.25, 0.3) is 5.91 Å². The number of ether oxygens (including phenoxy) is 1. The number of hydrogen-bond donors (Lipinski definition) is 1. The van der Waals surface area contributed by atoms with E-state index in [2.05, 4.69) is 5.32 Å². The highest BCUT2D eigenvalue weighted by Crippen LogP contribution is 2.29. The first-order valence-electron chi connectivity index (χ1n) is 7.65. The van der Waals surface area contributed by atoms with Gasteiger partial charge in [0.1, 0.15) is 18.2 Å². The molecule has 3 aromatic carbocycles. The molecule has 0 saturated heterocycles. The fourth-order valence-corrected chi connectivity index (χ4v) is 2.43. The number of carbonyl (C=O) groups excluding carboxylic acids is 1. The summed E-state index contributed by atoms with van der Waals surface area (Å²) in [6.45, 7) is 0.363. The molecule has 126 valence electrons. The molecule has 0 aliphatic carbocycles.